The molecule has 1 aromatic carbocycles. The summed E-state index contributed by atoms with van der Waals surface area (Å²) in [5.74, 6) is 0.000486. The zero-order chi connectivity index (χ0) is 12.1. The molecule has 0 unspecified atom stereocenters. The molecule has 0 atom stereocenters. The van der Waals surface area contributed by atoms with Crippen LogP contribution in [-0.4, -0.2) is 15.8 Å². The topological polar surface area (TPSA) is 68.9 Å². The van der Waals surface area contributed by atoms with Crippen LogP contribution in [0.4, 0.5) is 5.69 Å². The summed E-state index contributed by atoms with van der Waals surface area (Å²) in [6.07, 6.45) is 5.65. The van der Waals surface area contributed by atoms with Crippen molar-refractivity contribution < 1.29 is 4.79 Å². The maximum atomic E-state index is 11.8. The van der Waals surface area contributed by atoms with E-state index in [1.165, 1.54) is 12.4 Å². The zero-order valence-electron chi connectivity index (χ0n) is 9.34. The molecule has 0 aliphatic heterocycles. The average Bonchev–Trinajstić information content (AvgIpc) is 2.37. The Kier molecular flexibility index (Phi) is 3.45. The lowest BCUT2D eigenvalue weighted by atomic mass is 10.1. The Balaban J connectivity index is 1.97. The highest BCUT2D eigenvalue weighted by Crippen LogP contribution is 2.10. The van der Waals surface area contributed by atoms with Crippen LogP contribution in [0.2, 0.25) is 0 Å². The van der Waals surface area contributed by atoms with Gasteiger partial charge >= 0.3 is 0 Å². The molecule has 0 amide bonds. The first-order valence-corrected chi connectivity index (χ1v) is 5.39. The number of nitrogens with zero attached hydrogens (tertiary/aromatic N) is 2. The molecule has 1 heterocycles. The van der Waals surface area contributed by atoms with Crippen LogP contribution in [0.5, 0.6) is 0 Å². The van der Waals surface area contributed by atoms with Gasteiger partial charge in [0.25, 0.3) is 0 Å². The molecule has 4 nitrogen and oxygen atoms in total. The Labute approximate surface area is 99.5 Å². The van der Waals surface area contributed by atoms with E-state index >= 15 is 0 Å². The maximum absolute atomic E-state index is 11.8. The Hall–Kier alpha value is -2.23. The predicted molar refractivity (Wildman–Crippen MR) is 65.5 cm³/mol. The molecule has 0 bridgehead atoms. The van der Waals surface area contributed by atoms with Crippen molar-refractivity contribution in [2.24, 2.45) is 0 Å². The SMILES string of the molecule is Nc1cccc(CCC(=O)c2cnccn2)c1. The van der Waals surface area contributed by atoms with Gasteiger partial charge in [-0.3, -0.25) is 9.78 Å². The molecule has 2 N–H and O–H groups in total. The standard InChI is InChI=1S/C13H13N3O/c14-11-3-1-2-10(8-11)4-5-13(17)12-9-15-6-7-16-12/h1-3,6-9H,4-5,14H2. The summed E-state index contributed by atoms with van der Waals surface area (Å²) >= 11 is 0. The first-order chi connectivity index (χ1) is 8.25. The monoisotopic (exact) mass is 227 g/mol. The molecular weight excluding hydrogens is 214 g/mol. The van der Waals surface area contributed by atoms with E-state index < -0.39 is 0 Å². The second kappa shape index (κ2) is 5.21. The van der Waals surface area contributed by atoms with Crippen molar-refractivity contribution in [2.75, 3.05) is 5.73 Å². The van der Waals surface area contributed by atoms with Gasteiger partial charge in [0.1, 0.15) is 5.69 Å². The molecule has 0 fully saturated rings. The lowest BCUT2D eigenvalue weighted by Crippen LogP contribution is -2.04. The molecule has 0 spiro atoms. The lowest BCUT2D eigenvalue weighted by Gasteiger charge is -2.02. The molecular formula is C13H13N3O. The Morgan fingerprint density at radius 2 is 2.18 bits per heavy atom. The highest BCUT2D eigenvalue weighted by atomic mass is 16.1. The second-order valence-electron chi connectivity index (χ2n) is 3.76. The largest absolute Gasteiger partial charge is 0.399 e. The van der Waals surface area contributed by atoms with Crippen LogP contribution < -0.4 is 5.73 Å². The van der Waals surface area contributed by atoms with Gasteiger partial charge in [-0.2, -0.15) is 0 Å². The van der Waals surface area contributed by atoms with Gasteiger partial charge in [-0.1, -0.05) is 12.1 Å². The third kappa shape index (κ3) is 3.11. The van der Waals surface area contributed by atoms with Crippen molar-refractivity contribution >= 4 is 11.5 Å². The van der Waals surface area contributed by atoms with Gasteiger partial charge in [0.2, 0.25) is 0 Å². The van der Waals surface area contributed by atoms with Crippen molar-refractivity contribution in [3.63, 3.8) is 0 Å². The van der Waals surface area contributed by atoms with Crippen LogP contribution in [0.25, 0.3) is 0 Å². The van der Waals surface area contributed by atoms with Crippen LogP contribution in [-0.2, 0) is 6.42 Å². The minimum absolute atomic E-state index is 0.000486. The smallest absolute Gasteiger partial charge is 0.183 e. The van der Waals surface area contributed by atoms with Crippen LogP contribution in [0, 0.1) is 0 Å². The van der Waals surface area contributed by atoms with Crippen LogP contribution in [0.1, 0.15) is 22.5 Å². The quantitative estimate of drug-likeness (QED) is 0.639. The molecule has 0 saturated heterocycles. The predicted octanol–water partition coefficient (Wildman–Crippen LogP) is 1.87. The number of ketones is 1. The van der Waals surface area contributed by atoms with E-state index in [4.69, 9.17) is 5.73 Å². The number of nitrogen functional groups attached to an aromatic ring is 1. The number of anilines is 1. The molecule has 2 aromatic rings. The summed E-state index contributed by atoms with van der Waals surface area (Å²) in [7, 11) is 0. The minimum Gasteiger partial charge on any atom is -0.399 e. The molecule has 0 radical (unpaired) electrons. The average molecular weight is 227 g/mol. The highest BCUT2D eigenvalue weighted by Gasteiger charge is 2.07. The summed E-state index contributed by atoms with van der Waals surface area (Å²) < 4.78 is 0. The number of benzene rings is 1. The van der Waals surface area contributed by atoms with Gasteiger partial charge in [0, 0.05) is 24.5 Å². The number of carbonyl (C=O) groups is 1. The normalized spacial score (nSPS) is 10.1. The first-order valence-electron chi connectivity index (χ1n) is 5.39. The summed E-state index contributed by atoms with van der Waals surface area (Å²) in [6, 6.07) is 7.55. The van der Waals surface area contributed by atoms with Crippen molar-refractivity contribution in [2.45, 2.75) is 12.8 Å². The van der Waals surface area contributed by atoms with Gasteiger partial charge in [-0.15, -0.1) is 0 Å². The van der Waals surface area contributed by atoms with Crippen molar-refractivity contribution in [1.82, 2.24) is 9.97 Å². The number of rotatable bonds is 4. The fourth-order valence-corrected chi connectivity index (χ4v) is 1.58. The Morgan fingerprint density at radius 3 is 2.88 bits per heavy atom. The summed E-state index contributed by atoms with van der Waals surface area (Å²) in [4.78, 5) is 19.6. The molecule has 0 saturated carbocycles. The summed E-state index contributed by atoms with van der Waals surface area (Å²) in [6.45, 7) is 0. The molecule has 1 aromatic heterocycles. The molecule has 4 heteroatoms. The van der Waals surface area contributed by atoms with Gasteiger partial charge < -0.3 is 5.73 Å². The summed E-state index contributed by atoms with van der Waals surface area (Å²) in [5, 5.41) is 0. The van der Waals surface area contributed by atoms with Crippen LogP contribution in [0.3, 0.4) is 0 Å². The number of aromatic nitrogens is 2. The van der Waals surface area contributed by atoms with Crippen LogP contribution >= 0.6 is 0 Å². The fraction of sp³-hybridized carbons (Fsp3) is 0.154. The minimum atomic E-state index is 0.000486. The van der Waals surface area contributed by atoms with Gasteiger partial charge in [0.15, 0.2) is 5.78 Å². The zero-order valence-corrected chi connectivity index (χ0v) is 9.34. The van der Waals surface area contributed by atoms with E-state index in [1.54, 1.807) is 6.20 Å². The maximum Gasteiger partial charge on any atom is 0.183 e. The third-order valence-electron chi connectivity index (χ3n) is 2.44. The number of aryl methyl sites for hydroxylation is 1. The summed E-state index contributed by atoms with van der Waals surface area (Å²) in [5.41, 5.74) is 7.86. The van der Waals surface area contributed by atoms with Crippen molar-refractivity contribution in [3.8, 4) is 0 Å². The van der Waals surface area contributed by atoms with Crippen molar-refractivity contribution in [1.29, 1.82) is 0 Å². The molecule has 0 aliphatic rings. The Morgan fingerprint density at radius 1 is 1.29 bits per heavy atom. The number of hydrogen-bond acceptors (Lipinski definition) is 4. The van der Waals surface area contributed by atoms with Crippen LogP contribution in [0.15, 0.2) is 42.9 Å². The molecule has 17 heavy (non-hydrogen) atoms. The second-order valence-corrected chi connectivity index (χ2v) is 3.76. The van der Waals surface area contributed by atoms with E-state index in [2.05, 4.69) is 9.97 Å². The van der Waals surface area contributed by atoms with E-state index in [9.17, 15) is 4.79 Å². The van der Waals surface area contributed by atoms with E-state index in [-0.39, 0.29) is 5.78 Å². The Bertz CT molecular complexity index is 511. The van der Waals surface area contributed by atoms with Gasteiger partial charge in [0.05, 0.1) is 6.20 Å². The van der Waals surface area contributed by atoms with Crippen molar-refractivity contribution in [3.05, 3.63) is 54.1 Å². The first kappa shape index (κ1) is 11.3. The highest BCUT2D eigenvalue weighted by molar-refractivity contribution is 5.93. The van der Waals surface area contributed by atoms with Gasteiger partial charge in [-0.25, -0.2) is 4.98 Å². The number of nitrogens with two attached hydrogens (primary N) is 1. The number of carbonyl (C=O) groups excluding carboxylic acids is 1. The number of hydrogen-bond donors (Lipinski definition) is 1. The van der Waals surface area contributed by atoms with E-state index in [0.29, 0.717) is 18.5 Å². The fourth-order valence-electron chi connectivity index (χ4n) is 1.58. The number of Topliss-reactive ketones (excluding diaryl/α,β-unsaturated/α-hetero) is 1. The van der Waals surface area contributed by atoms with E-state index in [1.807, 2.05) is 24.3 Å². The van der Waals surface area contributed by atoms with Gasteiger partial charge in [-0.05, 0) is 24.1 Å². The van der Waals surface area contributed by atoms with E-state index in [0.717, 1.165) is 11.3 Å². The molecule has 0 aliphatic carbocycles. The third-order valence-corrected chi connectivity index (χ3v) is 2.44. The lowest BCUT2D eigenvalue weighted by molar-refractivity contribution is 0.0977. The molecule has 86 valence electrons. The molecule has 2 rings (SSSR count).